The highest BCUT2D eigenvalue weighted by Crippen LogP contribution is 2.21. The Balaban J connectivity index is 2.09. The van der Waals surface area contributed by atoms with Crippen LogP contribution in [0.5, 0.6) is 0 Å². The van der Waals surface area contributed by atoms with Crippen LogP contribution in [0, 0.1) is 0 Å². The maximum Gasteiger partial charge on any atom is 0.318 e. The molecule has 104 valence electrons. The van der Waals surface area contributed by atoms with Crippen LogP contribution < -0.4 is 11.1 Å². The standard InChI is InChI=1S/C11H10ClN5O2S/c12-7-2-1-3-8(4-7)17-6-14-16-11(17)20-5-9(18)15-10(13)19/h1-4,6H,5H2,(H3,13,15,18,19). The fraction of sp³-hybridized carbons (Fsp3) is 0.0909. The number of carbonyl (C=O) groups excluding carboxylic acids is 2. The van der Waals surface area contributed by atoms with Gasteiger partial charge in [0.2, 0.25) is 5.91 Å². The Morgan fingerprint density at radius 1 is 1.45 bits per heavy atom. The fourth-order valence-electron chi connectivity index (χ4n) is 1.43. The predicted molar refractivity (Wildman–Crippen MR) is 74.8 cm³/mol. The molecule has 1 heterocycles. The van der Waals surface area contributed by atoms with Crippen molar-refractivity contribution in [3.05, 3.63) is 35.6 Å². The van der Waals surface area contributed by atoms with Gasteiger partial charge in [0.1, 0.15) is 6.33 Å². The van der Waals surface area contributed by atoms with E-state index in [4.69, 9.17) is 17.3 Å². The van der Waals surface area contributed by atoms with Gasteiger partial charge in [0.25, 0.3) is 0 Å². The highest BCUT2D eigenvalue weighted by atomic mass is 35.5. The largest absolute Gasteiger partial charge is 0.351 e. The van der Waals surface area contributed by atoms with Gasteiger partial charge in [-0.25, -0.2) is 4.79 Å². The summed E-state index contributed by atoms with van der Waals surface area (Å²) < 4.78 is 1.69. The molecular formula is C11H10ClN5O2S. The lowest BCUT2D eigenvalue weighted by atomic mass is 10.3. The first kappa shape index (κ1) is 14.4. The second kappa shape index (κ2) is 6.40. The van der Waals surface area contributed by atoms with Crippen LogP contribution in [-0.4, -0.2) is 32.5 Å². The molecule has 0 saturated heterocycles. The van der Waals surface area contributed by atoms with E-state index in [1.807, 2.05) is 11.4 Å². The molecule has 3 amide bonds. The molecule has 0 atom stereocenters. The average Bonchev–Trinajstić information content (AvgIpc) is 2.84. The van der Waals surface area contributed by atoms with E-state index in [0.717, 1.165) is 17.4 Å². The molecule has 2 aromatic rings. The van der Waals surface area contributed by atoms with Crippen LogP contribution in [0.15, 0.2) is 35.7 Å². The van der Waals surface area contributed by atoms with Crippen molar-refractivity contribution in [3.8, 4) is 5.69 Å². The molecule has 0 bridgehead atoms. The molecule has 3 N–H and O–H groups in total. The van der Waals surface area contributed by atoms with Crippen molar-refractivity contribution in [1.82, 2.24) is 20.1 Å². The van der Waals surface area contributed by atoms with Gasteiger partial charge in [0, 0.05) is 5.02 Å². The zero-order valence-electron chi connectivity index (χ0n) is 10.1. The number of nitrogens with zero attached hydrogens (tertiary/aromatic N) is 3. The number of nitrogens with one attached hydrogen (secondary N) is 1. The van der Waals surface area contributed by atoms with Crippen LogP contribution in [0.25, 0.3) is 5.69 Å². The molecule has 9 heteroatoms. The Labute approximate surface area is 123 Å². The van der Waals surface area contributed by atoms with E-state index < -0.39 is 11.9 Å². The van der Waals surface area contributed by atoms with Crippen LogP contribution in [0.3, 0.4) is 0 Å². The molecule has 7 nitrogen and oxygen atoms in total. The number of halogens is 1. The highest BCUT2D eigenvalue weighted by molar-refractivity contribution is 7.99. The van der Waals surface area contributed by atoms with E-state index >= 15 is 0 Å². The molecule has 2 rings (SSSR count). The Morgan fingerprint density at radius 3 is 2.95 bits per heavy atom. The lowest BCUT2D eigenvalue weighted by molar-refractivity contribution is -0.117. The second-order valence-corrected chi connectivity index (χ2v) is 5.04. The van der Waals surface area contributed by atoms with Gasteiger partial charge < -0.3 is 5.73 Å². The molecule has 0 fully saturated rings. The number of amides is 3. The summed E-state index contributed by atoms with van der Waals surface area (Å²) in [4.78, 5) is 21.9. The minimum atomic E-state index is -0.882. The smallest absolute Gasteiger partial charge is 0.318 e. The van der Waals surface area contributed by atoms with Crippen LogP contribution in [0.1, 0.15) is 0 Å². The second-order valence-electron chi connectivity index (χ2n) is 3.66. The van der Waals surface area contributed by atoms with Gasteiger partial charge in [-0.1, -0.05) is 29.4 Å². The number of urea groups is 1. The summed E-state index contributed by atoms with van der Waals surface area (Å²) in [5.41, 5.74) is 5.63. The Hall–Kier alpha value is -2.06. The molecule has 0 aliphatic carbocycles. The van der Waals surface area contributed by atoms with Crippen LogP contribution in [-0.2, 0) is 4.79 Å². The summed E-state index contributed by atoms with van der Waals surface area (Å²) >= 11 is 7.05. The van der Waals surface area contributed by atoms with E-state index in [1.165, 1.54) is 6.33 Å². The number of hydrogen-bond acceptors (Lipinski definition) is 5. The number of imide groups is 1. The number of rotatable bonds is 4. The average molecular weight is 312 g/mol. The van der Waals surface area contributed by atoms with Gasteiger partial charge in [0.15, 0.2) is 5.16 Å². The molecule has 0 spiro atoms. The number of primary amides is 1. The Bertz CT molecular complexity index is 645. The molecule has 0 radical (unpaired) electrons. The quantitative estimate of drug-likeness (QED) is 0.826. The van der Waals surface area contributed by atoms with Crippen LogP contribution in [0.2, 0.25) is 5.02 Å². The van der Waals surface area contributed by atoms with Crippen LogP contribution >= 0.6 is 23.4 Å². The first-order valence-electron chi connectivity index (χ1n) is 5.44. The molecule has 1 aromatic heterocycles. The summed E-state index contributed by atoms with van der Waals surface area (Å²) in [6.07, 6.45) is 1.51. The number of benzene rings is 1. The molecule has 0 aliphatic rings. The number of nitrogens with two attached hydrogens (primary N) is 1. The van der Waals surface area contributed by atoms with Gasteiger partial charge in [-0.15, -0.1) is 10.2 Å². The summed E-state index contributed by atoms with van der Waals surface area (Å²) in [5, 5.41) is 10.8. The fourth-order valence-corrected chi connectivity index (χ4v) is 2.34. The van der Waals surface area contributed by atoms with Crippen molar-refractivity contribution in [3.63, 3.8) is 0 Å². The minimum Gasteiger partial charge on any atom is -0.351 e. The van der Waals surface area contributed by atoms with Gasteiger partial charge in [-0.05, 0) is 18.2 Å². The molecular weight excluding hydrogens is 302 g/mol. The maximum atomic E-state index is 11.3. The van der Waals surface area contributed by atoms with Crippen molar-refractivity contribution >= 4 is 35.3 Å². The molecule has 0 unspecified atom stereocenters. The van der Waals surface area contributed by atoms with Crippen molar-refractivity contribution < 1.29 is 9.59 Å². The number of hydrogen-bond donors (Lipinski definition) is 2. The number of carbonyl (C=O) groups is 2. The molecule has 1 aromatic carbocycles. The molecule has 0 aliphatic heterocycles. The minimum absolute atomic E-state index is 0.00218. The topological polar surface area (TPSA) is 103 Å². The molecule has 0 saturated carbocycles. The van der Waals surface area contributed by atoms with E-state index in [2.05, 4.69) is 10.2 Å². The van der Waals surface area contributed by atoms with Crippen molar-refractivity contribution in [2.24, 2.45) is 5.73 Å². The summed E-state index contributed by atoms with van der Waals surface area (Å²) in [5.74, 6) is -0.495. The zero-order chi connectivity index (χ0) is 14.5. The Kier molecular flexibility index (Phi) is 4.59. The Morgan fingerprint density at radius 2 is 2.25 bits per heavy atom. The highest BCUT2D eigenvalue weighted by Gasteiger charge is 2.11. The van der Waals surface area contributed by atoms with E-state index in [0.29, 0.717) is 10.2 Å². The lowest BCUT2D eigenvalue weighted by Crippen LogP contribution is -2.36. The van der Waals surface area contributed by atoms with E-state index in [1.54, 1.807) is 22.8 Å². The monoisotopic (exact) mass is 311 g/mol. The summed E-state index contributed by atoms with van der Waals surface area (Å²) in [6, 6.07) is 6.25. The van der Waals surface area contributed by atoms with Gasteiger partial charge in [0.05, 0.1) is 11.4 Å². The van der Waals surface area contributed by atoms with Crippen molar-refractivity contribution in [2.75, 3.05) is 5.75 Å². The predicted octanol–water partition coefficient (Wildman–Crippen LogP) is 1.21. The number of thioether (sulfide) groups is 1. The third-order valence-corrected chi connectivity index (χ3v) is 3.38. The molecule has 20 heavy (non-hydrogen) atoms. The number of aromatic nitrogens is 3. The maximum absolute atomic E-state index is 11.3. The van der Waals surface area contributed by atoms with Gasteiger partial charge >= 0.3 is 6.03 Å². The normalized spacial score (nSPS) is 10.2. The third kappa shape index (κ3) is 3.72. The zero-order valence-corrected chi connectivity index (χ0v) is 11.7. The van der Waals surface area contributed by atoms with Gasteiger partial charge in [-0.3, -0.25) is 14.7 Å². The lowest BCUT2D eigenvalue weighted by Gasteiger charge is -2.06. The van der Waals surface area contributed by atoms with Crippen LogP contribution in [0.4, 0.5) is 4.79 Å². The van der Waals surface area contributed by atoms with E-state index in [9.17, 15) is 9.59 Å². The first-order chi connectivity index (χ1) is 9.56. The third-order valence-electron chi connectivity index (χ3n) is 2.20. The summed E-state index contributed by atoms with van der Waals surface area (Å²) in [6.45, 7) is 0. The van der Waals surface area contributed by atoms with E-state index in [-0.39, 0.29) is 5.75 Å². The van der Waals surface area contributed by atoms with Gasteiger partial charge in [-0.2, -0.15) is 0 Å². The summed E-state index contributed by atoms with van der Waals surface area (Å²) in [7, 11) is 0. The van der Waals surface area contributed by atoms with Crippen molar-refractivity contribution in [2.45, 2.75) is 5.16 Å². The SMILES string of the molecule is NC(=O)NC(=O)CSc1nncn1-c1cccc(Cl)c1. The first-order valence-corrected chi connectivity index (χ1v) is 6.80. The van der Waals surface area contributed by atoms with Crippen molar-refractivity contribution in [1.29, 1.82) is 0 Å².